The van der Waals surface area contributed by atoms with Crippen molar-refractivity contribution in [3.63, 3.8) is 0 Å². The third-order valence-electron chi connectivity index (χ3n) is 3.32. The Labute approximate surface area is 128 Å². The van der Waals surface area contributed by atoms with E-state index in [1.807, 2.05) is 26.8 Å². The molecule has 1 aliphatic rings. The summed E-state index contributed by atoms with van der Waals surface area (Å²) in [6, 6.07) is 0. The lowest BCUT2D eigenvalue weighted by atomic mass is 10.0. The van der Waals surface area contributed by atoms with Crippen molar-refractivity contribution in [1.82, 2.24) is 4.98 Å². The van der Waals surface area contributed by atoms with Gasteiger partial charge in [0, 0.05) is 16.2 Å². The maximum Gasteiger partial charge on any atom is 0.156 e. The van der Waals surface area contributed by atoms with Crippen LogP contribution in [0.5, 0.6) is 0 Å². The SMILES string of the molecule is C/C=C(/C=O)S/C(C)=C(\C)C1OCCc2sc(C)nc21. The molecule has 0 saturated carbocycles. The van der Waals surface area contributed by atoms with E-state index in [1.165, 1.54) is 16.6 Å². The van der Waals surface area contributed by atoms with Crippen LogP contribution in [-0.4, -0.2) is 17.9 Å². The van der Waals surface area contributed by atoms with Crippen molar-refractivity contribution >= 4 is 29.4 Å². The second-order valence-electron chi connectivity index (χ2n) is 4.69. The normalized spacial score (nSPS) is 20.4. The molecule has 2 heterocycles. The minimum absolute atomic E-state index is 0.0686. The molecule has 0 aliphatic carbocycles. The molecule has 2 rings (SSSR count). The van der Waals surface area contributed by atoms with E-state index in [-0.39, 0.29) is 6.10 Å². The van der Waals surface area contributed by atoms with Gasteiger partial charge in [0.2, 0.25) is 0 Å². The second-order valence-corrected chi connectivity index (χ2v) is 7.27. The molecule has 0 saturated heterocycles. The molecule has 108 valence electrons. The van der Waals surface area contributed by atoms with Crippen molar-refractivity contribution in [3.05, 3.63) is 37.0 Å². The van der Waals surface area contributed by atoms with Gasteiger partial charge in [0.1, 0.15) is 6.10 Å². The van der Waals surface area contributed by atoms with E-state index >= 15 is 0 Å². The lowest BCUT2D eigenvalue weighted by Crippen LogP contribution is -2.16. The van der Waals surface area contributed by atoms with Gasteiger partial charge in [-0.15, -0.1) is 11.3 Å². The zero-order chi connectivity index (χ0) is 14.7. The number of carbonyl (C=O) groups excluding carboxylic acids is 1. The lowest BCUT2D eigenvalue weighted by molar-refractivity contribution is -0.104. The van der Waals surface area contributed by atoms with Crippen LogP contribution in [0.25, 0.3) is 0 Å². The Morgan fingerprint density at radius 1 is 1.50 bits per heavy atom. The van der Waals surface area contributed by atoms with Crippen molar-refractivity contribution in [3.8, 4) is 0 Å². The Balaban J connectivity index is 2.29. The molecule has 0 fully saturated rings. The van der Waals surface area contributed by atoms with Gasteiger partial charge in [-0.2, -0.15) is 0 Å². The predicted octanol–water partition coefficient (Wildman–Crippen LogP) is 4.20. The Kier molecular flexibility index (Phi) is 5.18. The summed E-state index contributed by atoms with van der Waals surface area (Å²) in [5.41, 5.74) is 2.20. The molecule has 1 unspecified atom stereocenters. The highest BCUT2D eigenvalue weighted by Crippen LogP contribution is 2.39. The van der Waals surface area contributed by atoms with Crippen LogP contribution in [0, 0.1) is 6.92 Å². The number of rotatable bonds is 4. The fraction of sp³-hybridized carbons (Fsp3) is 0.467. The van der Waals surface area contributed by atoms with Gasteiger partial charge in [0.15, 0.2) is 6.29 Å². The van der Waals surface area contributed by atoms with Crippen molar-refractivity contribution in [2.45, 2.75) is 40.2 Å². The summed E-state index contributed by atoms with van der Waals surface area (Å²) >= 11 is 3.25. The largest absolute Gasteiger partial charge is 0.367 e. The molecule has 1 atom stereocenters. The Morgan fingerprint density at radius 2 is 2.25 bits per heavy atom. The van der Waals surface area contributed by atoms with Gasteiger partial charge < -0.3 is 4.74 Å². The molecule has 5 heteroatoms. The predicted molar refractivity (Wildman–Crippen MR) is 85.0 cm³/mol. The number of hydrogen-bond acceptors (Lipinski definition) is 5. The first-order valence-corrected chi connectivity index (χ1v) is 8.24. The average molecular weight is 309 g/mol. The molecule has 0 spiro atoms. The summed E-state index contributed by atoms with van der Waals surface area (Å²) in [6.45, 7) is 8.74. The fourth-order valence-corrected chi connectivity index (χ4v) is 3.87. The van der Waals surface area contributed by atoms with E-state index in [9.17, 15) is 4.79 Å². The number of ether oxygens (including phenoxy) is 1. The van der Waals surface area contributed by atoms with E-state index in [0.29, 0.717) is 0 Å². The second kappa shape index (κ2) is 6.70. The molecule has 0 aromatic carbocycles. The standard InChI is InChI=1S/C15H19NO2S2/c1-5-12(8-17)19-10(3)9(2)15-14-13(6-7-18-15)20-11(4)16-14/h5,8,15H,6-7H2,1-4H3/b10-9+,12-5-. The van der Waals surface area contributed by atoms with Crippen LogP contribution in [0.4, 0.5) is 0 Å². The van der Waals surface area contributed by atoms with Gasteiger partial charge in [0.05, 0.1) is 17.3 Å². The molecule has 0 radical (unpaired) electrons. The lowest BCUT2D eigenvalue weighted by Gasteiger charge is -2.24. The maximum atomic E-state index is 10.9. The van der Waals surface area contributed by atoms with Gasteiger partial charge >= 0.3 is 0 Å². The molecule has 1 aliphatic heterocycles. The van der Waals surface area contributed by atoms with Crippen LogP contribution in [0.3, 0.4) is 0 Å². The van der Waals surface area contributed by atoms with Crippen molar-refractivity contribution in [2.24, 2.45) is 0 Å². The first-order chi connectivity index (χ1) is 9.56. The first-order valence-electron chi connectivity index (χ1n) is 6.61. The summed E-state index contributed by atoms with van der Waals surface area (Å²) in [5, 5.41) is 1.09. The summed E-state index contributed by atoms with van der Waals surface area (Å²) in [4.78, 5) is 18.7. The van der Waals surface area contributed by atoms with Gasteiger partial charge in [0.25, 0.3) is 0 Å². The van der Waals surface area contributed by atoms with E-state index in [4.69, 9.17) is 4.74 Å². The smallest absolute Gasteiger partial charge is 0.156 e. The number of hydrogen-bond donors (Lipinski definition) is 0. The van der Waals surface area contributed by atoms with E-state index < -0.39 is 0 Å². The number of allylic oxidation sites excluding steroid dienone is 3. The number of aldehydes is 1. The maximum absolute atomic E-state index is 10.9. The Bertz CT molecular complexity index is 572. The van der Waals surface area contributed by atoms with Crippen molar-refractivity contribution in [2.75, 3.05) is 6.61 Å². The zero-order valence-electron chi connectivity index (χ0n) is 12.2. The molecule has 0 bridgehead atoms. The molecule has 3 nitrogen and oxygen atoms in total. The third kappa shape index (κ3) is 3.22. The quantitative estimate of drug-likeness (QED) is 0.617. The minimum Gasteiger partial charge on any atom is -0.367 e. The van der Waals surface area contributed by atoms with Crippen LogP contribution < -0.4 is 0 Å². The first kappa shape index (κ1) is 15.5. The summed E-state index contributed by atoms with van der Waals surface area (Å²) in [6.07, 6.45) is 3.60. The zero-order valence-corrected chi connectivity index (χ0v) is 13.9. The molecule has 1 aromatic heterocycles. The number of fused-ring (bicyclic) bond motifs is 1. The topological polar surface area (TPSA) is 39.2 Å². The van der Waals surface area contributed by atoms with Crippen LogP contribution in [0.2, 0.25) is 0 Å². The van der Waals surface area contributed by atoms with E-state index in [2.05, 4.69) is 11.9 Å². The van der Waals surface area contributed by atoms with Crippen LogP contribution >= 0.6 is 23.1 Å². The summed E-state index contributed by atoms with van der Waals surface area (Å²) < 4.78 is 5.91. The highest BCUT2D eigenvalue weighted by atomic mass is 32.2. The van der Waals surface area contributed by atoms with Crippen LogP contribution in [0.15, 0.2) is 21.5 Å². The van der Waals surface area contributed by atoms with E-state index in [0.717, 1.165) is 45.4 Å². The van der Waals surface area contributed by atoms with Gasteiger partial charge in [-0.3, -0.25) is 4.79 Å². The van der Waals surface area contributed by atoms with Crippen LogP contribution in [-0.2, 0) is 16.0 Å². The highest BCUT2D eigenvalue weighted by Gasteiger charge is 2.27. The number of aromatic nitrogens is 1. The molecule has 20 heavy (non-hydrogen) atoms. The fourth-order valence-electron chi connectivity index (χ4n) is 2.14. The molecule has 0 N–H and O–H groups in total. The number of thiazole rings is 1. The molecule has 0 amide bonds. The van der Waals surface area contributed by atoms with Gasteiger partial charge in [-0.1, -0.05) is 17.8 Å². The van der Waals surface area contributed by atoms with Gasteiger partial charge in [-0.05, 0) is 38.2 Å². The molecular weight excluding hydrogens is 290 g/mol. The Hall–Kier alpha value is -0.910. The van der Waals surface area contributed by atoms with E-state index in [1.54, 1.807) is 11.3 Å². The minimum atomic E-state index is -0.0686. The third-order valence-corrected chi connectivity index (χ3v) is 5.56. The van der Waals surface area contributed by atoms with Gasteiger partial charge in [-0.25, -0.2) is 4.98 Å². The number of carbonyl (C=O) groups is 1. The number of nitrogens with zero attached hydrogens (tertiary/aromatic N) is 1. The summed E-state index contributed by atoms with van der Waals surface area (Å²) in [7, 11) is 0. The van der Waals surface area contributed by atoms with Crippen LogP contribution in [0.1, 0.15) is 42.5 Å². The average Bonchev–Trinajstić information content (AvgIpc) is 2.83. The molecular formula is C15H19NO2S2. The highest BCUT2D eigenvalue weighted by molar-refractivity contribution is 8.07. The van der Waals surface area contributed by atoms with Crippen molar-refractivity contribution in [1.29, 1.82) is 0 Å². The Morgan fingerprint density at radius 3 is 2.90 bits per heavy atom. The summed E-state index contributed by atoms with van der Waals surface area (Å²) in [5.74, 6) is 0. The molecule has 1 aromatic rings. The number of aryl methyl sites for hydroxylation is 1. The van der Waals surface area contributed by atoms with Crippen molar-refractivity contribution < 1.29 is 9.53 Å². The number of thioether (sulfide) groups is 1. The monoisotopic (exact) mass is 309 g/mol.